The maximum Gasteiger partial charge on any atom is 0.260 e. The molecule has 3 heterocycles. The van der Waals surface area contributed by atoms with Gasteiger partial charge in [0, 0.05) is 10.4 Å². The molecular weight excluding hydrogens is 348 g/mol. The van der Waals surface area contributed by atoms with E-state index < -0.39 is 0 Å². The van der Waals surface area contributed by atoms with Crippen molar-refractivity contribution in [3.05, 3.63) is 38.5 Å². The summed E-state index contributed by atoms with van der Waals surface area (Å²) in [5.41, 5.74) is 3.09. The van der Waals surface area contributed by atoms with E-state index in [1.54, 1.807) is 11.3 Å². The first kappa shape index (κ1) is 15.9. The topological polar surface area (TPSA) is 64.2 Å². The zero-order chi connectivity index (χ0) is 17.7. The first-order chi connectivity index (χ1) is 12.7. The number of fused-ring (bicyclic) bond motifs is 4. The molecule has 2 aliphatic rings. The molecule has 0 unspecified atom stereocenters. The van der Waals surface area contributed by atoms with E-state index in [2.05, 4.69) is 4.98 Å². The van der Waals surface area contributed by atoms with Gasteiger partial charge in [0.15, 0.2) is 11.5 Å². The Morgan fingerprint density at radius 2 is 1.85 bits per heavy atom. The molecule has 5 nitrogen and oxygen atoms in total. The van der Waals surface area contributed by atoms with Crippen LogP contribution >= 0.6 is 11.3 Å². The molecule has 1 aliphatic heterocycles. The lowest BCUT2D eigenvalue weighted by Gasteiger charge is -2.09. The number of nitrogens with one attached hydrogen (secondary N) is 1. The summed E-state index contributed by atoms with van der Waals surface area (Å²) < 4.78 is 10.9. The summed E-state index contributed by atoms with van der Waals surface area (Å²) in [6, 6.07) is 3.85. The van der Waals surface area contributed by atoms with Crippen molar-refractivity contribution in [1.29, 1.82) is 0 Å². The molecule has 6 heteroatoms. The Bertz CT molecular complexity index is 1070. The largest absolute Gasteiger partial charge is 0.454 e. The van der Waals surface area contributed by atoms with Gasteiger partial charge < -0.3 is 14.5 Å². The van der Waals surface area contributed by atoms with Crippen LogP contribution in [0.25, 0.3) is 21.6 Å². The van der Waals surface area contributed by atoms with Crippen LogP contribution in [0, 0.1) is 6.92 Å². The van der Waals surface area contributed by atoms with Crippen molar-refractivity contribution in [2.75, 3.05) is 6.79 Å². The first-order valence-electron chi connectivity index (χ1n) is 9.16. The van der Waals surface area contributed by atoms with Crippen molar-refractivity contribution in [3.63, 3.8) is 0 Å². The van der Waals surface area contributed by atoms with Gasteiger partial charge in [0.25, 0.3) is 5.56 Å². The summed E-state index contributed by atoms with van der Waals surface area (Å²) in [5, 5.41) is 0.800. The summed E-state index contributed by atoms with van der Waals surface area (Å²) in [5.74, 6) is 2.05. The quantitative estimate of drug-likeness (QED) is 0.694. The first-order valence-corrected chi connectivity index (χ1v) is 9.97. The minimum absolute atomic E-state index is 0.0276. The number of hydrogen-bond donors (Lipinski definition) is 1. The lowest BCUT2D eigenvalue weighted by Crippen LogP contribution is -2.11. The number of thiophene rings is 1. The monoisotopic (exact) mass is 368 g/mol. The molecule has 1 aromatic carbocycles. The van der Waals surface area contributed by atoms with Crippen molar-refractivity contribution in [2.24, 2.45) is 0 Å². The molecule has 1 aliphatic carbocycles. The second kappa shape index (κ2) is 6.13. The van der Waals surface area contributed by atoms with E-state index in [-0.39, 0.29) is 12.4 Å². The molecule has 1 N–H and O–H groups in total. The van der Waals surface area contributed by atoms with E-state index >= 15 is 0 Å². The van der Waals surface area contributed by atoms with Gasteiger partial charge in [0.2, 0.25) is 6.79 Å². The number of aryl methyl sites for hydroxylation is 3. The van der Waals surface area contributed by atoms with Crippen LogP contribution in [0.2, 0.25) is 0 Å². The average molecular weight is 368 g/mol. The fourth-order valence-corrected chi connectivity index (χ4v) is 5.21. The van der Waals surface area contributed by atoms with Crippen molar-refractivity contribution >= 4 is 21.6 Å². The van der Waals surface area contributed by atoms with Gasteiger partial charge >= 0.3 is 0 Å². The number of nitrogens with zero attached hydrogens (tertiary/aromatic N) is 1. The Balaban J connectivity index is 1.68. The smallest absolute Gasteiger partial charge is 0.260 e. The van der Waals surface area contributed by atoms with E-state index in [0.717, 1.165) is 46.4 Å². The molecule has 0 bridgehead atoms. The molecule has 5 rings (SSSR count). The molecule has 0 saturated heterocycles. The second-order valence-electron chi connectivity index (χ2n) is 7.03. The number of benzene rings is 1. The maximum atomic E-state index is 12.9. The van der Waals surface area contributed by atoms with Crippen LogP contribution in [-0.4, -0.2) is 16.8 Å². The summed E-state index contributed by atoms with van der Waals surface area (Å²) in [4.78, 5) is 22.9. The number of ether oxygens (including phenoxy) is 2. The SMILES string of the molecule is Cc1cc2c(cc1-c1nc3sc4c(c3c(=O)[nH]1)CCCCCC4)OCO2. The molecular formula is C20H20N2O3S. The normalized spacial score (nSPS) is 16.3. The third-order valence-corrected chi connectivity index (χ3v) is 6.49. The van der Waals surface area contributed by atoms with Gasteiger partial charge in [-0.3, -0.25) is 4.79 Å². The molecule has 3 aromatic rings. The van der Waals surface area contributed by atoms with Crippen molar-refractivity contribution in [2.45, 2.75) is 45.4 Å². The van der Waals surface area contributed by atoms with Crippen LogP contribution in [0.3, 0.4) is 0 Å². The summed E-state index contributed by atoms with van der Waals surface area (Å²) in [6.45, 7) is 2.23. The standard InChI is InChI=1S/C20H20N2O3S/c1-11-8-14-15(25-10-24-14)9-13(11)18-21-19(23)17-12-6-4-2-3-5-7-16(12)26-20(17)22-18/h8-9H,2-7,10H2,1H3,(H,21,22,23). The van der Waals surface area contributed by atoms with Crippen LogP contribution in [0.15, 0.2) is 16.9 Å². The average Bonchev–Trinajstić information content (AvgIpc) is 3.18. The number of H-pyrrole nitrogens is 1. The highest BCUT2D eigenvalue weighted by atomic mass is 32.1. The number of aromatic nitrogens is 2. The molecule has 0 fully saturated rings. The van der Waals surface area contributed by atoms with E-state index in [1.165, 1.54) is 29.7 Å². The van der Waals surface area contributed by atoms with Crippen LogP contribution < -0.4 is 15.0 Å². The highest BCUT2D eigenvalue weighted by Crippen LogP contribution is 2.38. The third-order valence-electron chi connectivity index (χ3n) is 5.30. The summed E-state index contributed by atoms with van der Waals surface area (Å²) >= 11 is 1.69. The predicted molar refractivity (Wildman–Crippen MR) is 102 cm³/mol. The summed E-state index contributed by atoms with van der Waals surface area (Å²) in [6.07, 6.45) is 6.93. The van der Waals surface area contributed by atoms with E-state index in [0.29, 0.717) is 11.6 Å². The summed E-state index contributed by atoms with van der Waals surface area (Å²) in [7, 11) is 0. The van der Waals surface area contributed by atoms with Gasteiger partial charge in [-0.25, -0.2) is 4.98 Å². The van der Waals surface area contributed by atoms with Gasteiger partial charge in [-0.05, 0) is 55.9 Å². The minimum Gasteiger partial charge on any atom is -0.454 e. The van der Waals surface area contributed by atoms with Crippen LogP contribution in [-0.2, 0) is 12.8 Å². The predicted octanol–water partition coefficient (Wildman–Crippen LogP) is 4.35. The van der Waals surface area contributed by atoms with E-state index in [4.69, 9.17) is 14.5 Å². The molecule has 0 radical (unpaired) electrons. The van der Waals surface area contributed by atoms with Gasteiger partial charge in [-0.2, -0.15) is 0 Å². The molecule has 0 saturated carbocycles. The van der Waals surface area contributed by atoms with Crippen LogP contribution in [0.5, 0.6) is 11.5 Å². The highest BCUT2D eigenvalue weighted by Gasteiger charge is 2.21. The molecule has 26 heavy (non-hydrogen) atoms. The van der Waals surface area contributed by atoms with Gasteiger partial charge in [-0.15, -0.1) is 11.3 Å². The Hall–Kier alpha value is -2.34. The Morgan fingerprint density at radius 1 is 1.08 bits per heavy atom. The van der Waals surface area contributed by atoms with E-state index in [9.17, 15) is 4.79 Å². The number of hydrogen-bond acceptors (Lipinski definition) is 5. The van der Waals surface area contributed by atoms with Crippen molar-refractivity contribution in [1.82, 2.24) is 9.97 Å². The Morgan fingerprint density at radius 3 is 2.69 bits per heavy atom. The lowest BCUT2D eigenvalue weighted by molar-refractivity contribution is 0.174. The molecule has 0 spiro atoms. The molecule has 0 amide bonds. The molecule has 2 aromatic heterocycles. The Kier molecular flexibility index (Phi) is 3.74. The van der Waals surface area contributed by atoms with Gasteiger partial charge in [0.1, 0.15) is 10.7 Å². The van der Waals surface area contributed by atoms with E-state index in [1.807, 2.05) is 19.1 Å². The lowest BCUT2D eigenvalue weighted by atomic mass is 9.98. The number of rotatable bonds is 1. The zero-order valence-electron chi connectivity index (χ0n) is 14.7. The fraction of sp³-hybridized carbons (Fsp3) is 0.400. The van der Waals surface area contributed by atoms with Gasteiger partial charge in [0.05, 0.1) is 5.39 Å². The molecule has 0 atom stereocenters. The molecule has 134 valence electrons. The fourth-order valence-electron chi connectivity index (χ4n) is 3.94. The number of aromatic amines is 1. The second-order valence-corrected chi connectivity index (χ2v) is 8.12. The van der Waals surface area contributed by atoms with Crippen LogP contribution in [0.4, 0.5) is 0 Å². The maximum absolute atomic E-state index is 12.9. The van der Waals surface area contributed by atoms with Crippen molar-refractivity contribution in [3.8, 4) is 22.9 Å². The van der Waals surface area contributed by atoms with Crippen LogP contribution in [0.1, 0.15) is 41.7 Å². The zero-order valence-corrected chi connectivity index (χ0v) is 15.5. The third kappa shape index (κ3) is 2.51. The van der Waals surface area contributed by atoms with Gasteiger partial charge in [-0.1, -0.05) is 12.8 Å². The minimum atomic E-state index is -0.0276. The highest BCUT2D eigenvalue weighted by molar-refractivity contribution is 7.18. The Labute approximate surface area is 155 Å². The van der Waals surface area contributed by atoms with Crippen molar-refractivity contribution < 1.29 is 9.47 Å².